The van der Waals surface area contributed by atoms with Crippen molar-refractivity contribution < 1.29 is 14.3 Å². The molecule has 6 aliphatic rings. The molecule has 2 saturated heterocycles. The van der Waals surface area contributed by atoms with E-state index in [9.17, 15) is 4.79 Å². The van der Waals surface area contributed by atoms with Crippen molar-refractivity contribution in [1.29, 1.82) is 0 Å². The summed E-state index contributed by atoms with van der Waals surface area (Å²) in [4.78, 5) is 17.2. The maximum absolute atomic E-state index is 12.8. The summed E-state index contributed by atoms with van der Waals surface area (Å²) in [5.74, 6) is 3.52. The molecule has 190 valence electrons. The van der Waals surface area contributed by atoms with Crippen molar-refractivity contribution in [1.82, 2.24) is 9.80 Å². The zero-order valence-corrected chi connectivity index (χ0v) is 21.9. The highest BCUT2D eigenvalue weighted by molar-refractivity contribution is 5.67. The van der Waals surface area contributed by atoms with E-state index >= 15 is 0 Å². The van der Waals surface area contributed by atoms with E-state index in [1.54, 1.807) is 10.5 Å². The van der Waals surface area contributed by atoms with E-state index in [0.29, 0.717) is 17.4 Å². The predicted octanol–water partition coefficient (Wildman–Crippen LogP) is 5.50. The number of hydrogen-bond donors (Lipinski definition) is 0. The van der Waals surface area contributed by atoms with Crippen LogP contribution in [0.2, 0.25) is 0 Å². The highest BCUT2D eigenvalue weighted by atomic mass is 16.6. The van der Waals surface area contributed by atoms with Crippen LogP contribution in [-0.4, -0.2) is 67.9 Å². The third kappa shape index (κ3) is 3.50. The van der Waals surface area contributed by atoms with Gasteiger partial charge in [0, 0.05) is 39.2 Å². The molecule has 0 aromatic carbocycles. The summed E-state index contributed by atoms with van der Waals surface area (Å²) in [6.07, 6.45) is 14.9. The highest BCUT2D eigenvalue weighted by Gasteiger charge is 2.64. The molecule has 3 saturated carbocycles. The molecule has 0 aromatic rings. The Morgan fingerprint density at radius 2 is 2.00 bits per heavy atom. The van der Waals surface area contributed by atoms with E-state index in [-0.39, 0.29) is 18.3 Å². The number of rotatable bonds is 3. The van der Waals surface area contributed by atoms with Gasteiger partial charge in [-0.2, -0.15) is 0 Å². The first-order chi connectivity index (χ1) is 16.3. The number of ether oxygens (including phenoxy) is 2. The van der Waals surface area contributed by atoms with Crippen molar-refractivity contribution in [2.45, 2.75) is 96.3 Å². The zero-order valence-electron chi connectivity index (χ0n) is 21.9. The van der Waals surface area contributed by atoms with E-state index in [1.807, 2.05) is 7.05 Å². The van der Waals surface area contributed by atoms with E-state index in [4.69, 9.17) is 9.47 Å². The summed E-state index contributed by atoms with van der Waals surface area (Å²) in [7, 11) is 4.22. The van der Waals surface area contributed by atoms with Gasteiger partial charge in [-0.15, -0.1) is 0 Å². The van der Waals surface area contributed by atoms with E-state index in [1.165, 1.54) is 45.1 Å². The fraction of sp³-hybridized carbons (Fsp3) is 0.897. The molecule has 1 unspecified atom stereocenters. The van der Waals surface area contributed by atoms with Crippen molar-refractivity contribution >= 4 is 6.09 Å². The van der Waals surface area contributed by atoms with Gasteiger partial charge in [0.05, 0.1) is 6.10 Å². The molecule has 0 N–H and O–H groups in total. The molecule has 34 heavy (non-hydrogen) atoms. The topological polar surface area (TPSA) is 42.0 Å². The van der Waals surface area contributed by atoms with Crippen LogP contribution in [0.15, 0.2) is 11.6 Å². The number of carbonyl (C=O) groups excluding carboxylic acids is 1. The van der Waals surface area contributed by atoms with Crippen molar-refractivity contribution in [3.63, 3.8) is 0 Å². The molecule has 0 aromatic heterocycles. The normalized spacial score (nSPS) is 47.9. The van der Waals surface area contributed by atoms with Crippen molar-refractivity contribution in [2.75, 3.05) is 33.8 Å². The molecular formula is C29H46N2O3. The second-order valence-electron chi connectivity index (χ2n) is 13.1. The highest BCUT2D eigenvalue weighted by Crippen LogP contribution is 2.68. The Bertz CT molecular complexity index is 837. The molecule has 0 radical (unpaired) electrons. The largest absolute Gasteiger partial charge is 0.446 e. The van der Waals surface area contributed by atoms with Crippen LogP contribution in [0.3, 0.4) is 0 Å². The smallest absolute Gasteiger partial charge is 0.409 e. The zero-order chi connectivity index (χ0) is 23.7. The number of hydrogen-bond acceptors (Lipinski definition) is 4. The van der Waals surface area contributed by atoms with Crippen molar-refractivity contribution in [2.24, 2.45) is 34.5 Å². The molecule has 2 aliphatic heterocycles. The first-order valence-electron chi connectivity index (χ1n) is 14.2. The van der Waals surface area contributed by atoms with Crippen LogP contribution >= 0.6 is 0 Å². The number of carbonyl (C=O) groups is 1. The lowest BCUT2D eigenvalue weighted by Crippen LogP contribution is -2.52. The van der Waals surface area contributed by atoms with Gasteiger partial charge in [0.15, 0.2) is 0 Å². The molecule has 1 amide bonds. The van der Waals surface area contributed by atoms with Gasteiger partial charge in [-0.25, -0.2) is 4.79 Å². The van der Waals surface area contributed by atoms with Crippen LogP contribution in [0.1, 0.15) is 78.1 Å². The number of amides is 1. The van der Waals surface area contributed by atoms with Crippen LogP contribution in [0.4, 0.5) is 4.79 Å². The minimum atomic E-state index is -0.172. The number of likely N-dealkylation sites (tertiary alicyclic amines) is 1. The van der Waals surface area contributed by atoms with Gasteiger partial charge in [0.25, 0.3) is 0 Å². The molecule has 2 heterocycles. The Labute approximate surface area is 206 Å². The third-order valence-electron chi connectivity index (χ3n) is 11.7. The summed E-state index contributed by atoms with van der Waals surface area (Å²) < 4.78 is 11.7. The maximum Gasteiger partial charge on any atom is 0.409 e. The summed E-state index contributed by atoms with van der Waals surface area (Å²) in [5, 5.41) is 0. The Kier molecular flexibility index (Phi) is 5.84. The van der Waals surface area contributed by atoms with Gasteiger partial charge in [0.2, 0.25) is 0 Å². The first-order valence-corrected chi connectivity index (χ1v) is 14.2. The monoisotopic (exact) mass is 470 g/mol. The van der Waals surface area contributed by atoms with Gasteiger partial charge in [-0.05, 0) is 106 Å². The van der Waals surface area contributed by atoms with Crippen molar-refractivity contribution in [3.8, 4) is 0 Å². The average molecular weight is 471 g/mol. The van der Waals surface area contributed by atoms with Crippen LogP contribution in [0, 0.1) is 34.5 Å². The Hall–Kier alpha value is -1.07. The van der Waals surface area contributed by atoms with Gasteiger partial charge >= 0.3 is 6.09 Å². The first kappa shape index (κ1) is 23.3. The minimum absolute atomic E-state index is 0.0328. The molecular weight excluding hydrogens is 424 g/mol. The SMILES string of the molecule is C[C@H]1[C@H]2CC[C@H]3[C@@H]4CC=C5C[C@@H](OC(=O)N(C)CC6CCCO6)CC[C@]5(C)[C@H]4CC[C@]23CN1C. The minimum Gasteiger partial charge on any atom is -0.446 e. The van der Waals surface area contributed by atoms with Crippen LogP contribution in [0.25, 0.3) is 0 Å². The van der Waals surface area contributed by atoms with Crippen LogP contribution in [0.5, 0.6) is 0 Å². The van der Waals surface area contributed by atoms with Crippen LogP contribution in [-0.2, 0) is 9.47 Å². The lowest BCUT2D eigenvalue weighted by atomic mass is 9.47. The second kappa shape index (κ2) is 8.50. The quantitative estimate of drug-likeness (QED) is 0.511. The van der Waals surface area contributed by atoms with Gasteiger partial charge in [-0.3, -0.25) is 0 Å². The van der Waals surface area contributed by atoms with Gasteiger partial charge in [0.1, 0.15) is 6.10 Å². The van der Waals surface area contributed by atoms with Gasteiger partial charge < -0.3 is 19.3 Å². The molecule has 6 rings (SSSR count). The Morgan fingerprint density at radius 3 is 2.79 bits per heavy atom. The van der Waals surface area contributed by atoms with E-state index < -0.39 is 0 Å². The fourth-order valence-electron chi connectivity index (χ4n) is 9.93. The fourth-order valence-corrected chi connectivity index (χ4v) is 9.93. The van der Waals surface area contributed by atoms with Crippen molar-refractivity contribution in [3.05, 3.63) is 11.6 Å². The average Bonchev–Trinajstić information content (AvgIpc) is 3.51. The second-order valence-corrected chi connectivity index (χ2v) is 13.1. The third-order valence-corrected chi connectivity index (χ3v) is 11.7. The summed E-state index contributed by atoms with van der Waals surface area (Å²) in [5.41, 5.74) is 2.50. The number of nitrogens with zero attached hydrogens (tertiary/aromatic N) is 2. The molecule has 1 spiro atoms. The summed E-state index contributed by atoms with van der Waals surface area (Å²) >= 11 is 0. The van der Waals surface area contributed by atoms with E-state index in [2.05, 4.69) is 31.9 Å². The molecule has 4 aliphatic carbocycles. The number of likely N-dealkylation sites (N-methyl/N-ethyl adjacent to an activating group) is 1. The number of allylic oxidation sites excluding steroid dienone is 1. The lowest BCUT2D eigenvalue weighted by Gasteiger charge is -2.58. The Balaban J connectivity index is 1.13. The summed E-state index contributed by atoms with van der Waals surface area (Å²) in [6.45, 7) is 7.84. The molecule has 5 nitrogen and oxygen atoms in total. The van der Waals surface area contributed by atoms with Crippen LogP contribution < -0.4 is 0 Å². The predicted molar refractivity (Wildman–Crippen MR) is 133 cm³/mol. The number of fused-ring (bicyclic) bond motifs is 4. The molecule has 5 fully saturated rings. The van der Waals surface area contributed by atoms with Gasteiger partial charge in [-0.1, -0.05) is 18.6 Å². The molecule has 9 atom stereocenters. The maximum atomic E-state index is 12.8. The Morgan fingerprint density at radius 1 is 1.18 bits per heavy atom. The standard InChI is InChI=1S/C29H46N2O3/c1-19-24-9-10-26-23-8-7-20-16-21(34-27(32)30(3)17-22-6-5-15-33-22)11-13-28(20,2)25(23)12-14-29(24,26)18-31(19)4/h7,19,21-26H,5-6,8-18H2,1-4H3/t19-,21-,22?,23+,24+,25-,26-,28-,29-/m0/s1. The summed E-state index contributed by atoms with van der Waals surface area (Å²) in [6, 6.07) is 0.760. The molecule has 0 bridgehead atoms. The molecule has 5 heteroatoms. The lowest BCUT2D eigenvalue weighted by molar-refractivity contribution is -0.0506. The van der Waals surface area contributed by atoms with E-state index in [0.717, 1.165) is 62.0 Å².